The molecule has 1 aliphatic rings. The zero-order valence-corrected chi connectivity index (χ0v) is 13.0. The van der Waals surface area contributed by atoms with Crippen molar-refractivity contribution in [1.29, 1.82) is 0 Å². The Balaban J connectivity index is 1.79. The van der Waals surface area contributed by atoms with Crippen LogP contribution in [-0.4, -0.2) is 22.5 Å². The number of carboxylic acids is 1. The van der Waals surface area contributed by atoms with Crippen molar-refractivity contribution in [1.82, 2.24) is 5.32 Å². The number of nitrogens with one attached hydrogen (secondary N) is 1. The number of carboxylic acid groups (broad SMARTS) is 1. The third kappa shape index (κ3) is 3.21. The lowest BCUT2D eigenvalue weighted by molar-refractivity contribution is -0.149. The van der Waals surface area contributed by atoms with E-state index < -0.39 is 11.5 Å². The van der Waals surface area contributed by atoms with Crippen LogP contribution in [0.2, 0.25) is 0 Å². The summed E-state index contributed by atoms with van der Waals surface area (Å²) in [6.07, 6.45) is 3.97. The molecule has 0 aliphatic heterocycles. The molecule has 3 rings (SSSR count). The standard InChI is InChI=1S/C19H21NO3/c21-17(20-19(18(22)23)11-4-1-5-12-19)13-15-9-6-8-14-7-2-3-10-16(14)15/h2-3,6-10H,1,4-5,11-13H2,(H,20,21)(H,22,23). The topological polar surface area (TPSA) is 66.4 Å². The maximum atomic E-state index is 12.5. The Kier molecular flexibility index (Phi) is 4.33. The molecule has 1 saturated carbocycles. The first-order valence-electron chi connectivity index (χ1n) is 8.12. The smallest absolute Gasteiger partial charge is 0.329 e. The number of benzene rings is 2. The van der Waals surface area contributed by atoms with Gasteiger partial charge < -0.3 is 10.4 Å². The molecular formula is C19H21NO3. The monoisotopic (exact) mass is 311 g/mol. The van der Waals surface area contributed by atoms with Crippen molar-refractivity contribution in [3.05, 3.63) is 48.0 Å². The van der Waals surface area contributed by atoms with Gasteiger partial charge >= 0.3 is 5.97 Å². The van der Waals surface area contributed by atoms with Gasteiger partial charge in [-0.2, -0.15) is 0 Å². The first-order chi connectivity index (χ1) is 11.1. The zero-order chi connectivity index (χ0) is 16.3. The minimum absolute atomic E-state index is 0.205. The molecule has 0 saturated heterocycles. The van der Waals surface area contributed by atoms with Crippen LogP contribution in [0.4, 0.5) is 0 Å². The van der Waals surface area contributed by atoms with Crippen LogP contribution in [0, 0.1) is 0 Å². The van der Waals surface area contributed by atoms with Gasteiger partial charge in [-0.15, -0.1) is 0 Å². The Morgan fingerprint density at radius 2 is 1.70 bits per heavy atom. The molecular weight excluding hydrogens is 290 g/mol. The highest BCUT2D eigenvalue weighted by molar-refractivity contribution is 5.92. The summed E-state index contributed by atoms with van der Waals surface area (Å²) in [6, 6.07) is 13.8. The largest absolute Gasteiger partial charge is 0.480 e. The Labute approximate surface area is 135 Å². The van der Waals surface area contributed by atoms with E-state index in [1.807, 2.05) is 42.5 Å². The molecule has 0 atom stereocenters. The molecule has 2 aromatic rings. The molecule has 2 aromatic carbocycles. The van der Waals surface area contributed by atoms with E-state index in [9.17, 15) is 14.7 Å². The Morgan fingerprint density at radius 3 is 2.43 bits per heavy atom. The highest BCUT2D eigenvalue weighted by atomic mass is 16.4. The number of hydrogen-bond acceptors (Lipinski definition) is 2. The van der Waals surface area contributed by atoms with Gasteiger partial charge in [-0.25, -0.2) is 4.79 Å². The fourth-order valence-electron chi connectivity index (χ4n) is 3.48. The molecule has 0 radical (unpaired) electrons. The molecule has 0 spiro atoms. The summed E-state index contributed by atoms with van der Waals surface area (Å²) in [5, 5.41) is 14.5. The molecule has 0 unspecified atom stereocenters. The number of aliphatic carboxylic acids is 1. The van der Waals surface area contributed by atoms with Crippen LogP contribution in [0.3, 0.4) is 0 Å². The third-order valence-electron chi connectivity index (χ3n) is 4.73. The molecule has 1 amide bonds. The summed E-state index contributed by atoms with van der Waals surface area (Å²) >= 11 is 0. The SMILES string of the molecule is O=C(Cc1cccc2ccccc12)NC1(C(=O)O)CCCCC1. The van der Waals surface area contributed by atoms with Gasteiger partial charge in [0.15, 0.2) is 0 Å². The van der Waals surface area contributed by atoms with Gasteiger partial charge in [0.25, 0.3) is 0 Å². The van der Waals surface area contributed by atoms with Crippen molar-refractivity contribution in [2.45, 2.75) is 44.1 Å². The summed E-state index contributed by atoms with van der Waals surface area (Å²) in [4.78, 5) is 24.1. The fraction of sp³-hybridized carbons (Fsp3) is 0.368. The second kappa shape index (κ2) is 6.41. The predicted molar refractivity (Wildman–Crippen MR) is 89.2 cm³/mol. The molecule has 4 heteroatoms. The summed E-state index contributed by atoms with van der Waals surface area (Å²) in [7, 11) is 0. The van der Waals surface area contributed by atoms with Gasteiger partial charge in [0.05, 0.1) is 6.42 Å². The summed E-state index contributed by atoms with van der Waals surface area (Å²) in [5.41, 5.74) is -0.156. The van der Waals surface area contributed by atoms with E-state index in [0.717, 1.165) is 35.6 Å². The normalized spacial score (nSPS) is 16.9. The summed E-state index contributed by atoms with van der Waals surface area (Å²) in [5.74, 6) is -1.13. The van der Waals surface area contributed by atoms with Crippen LogP contribution >= 0.6 is 0 Å². The molecule has 2 N–H and O–H groups in total. The highest BCUT2D eigenvalue weighted by Crippen LogP contribution is 2.29. The Hall–Kier alpha value is -2.36. The van der Waals surface area contributed by atoms with Crippen LogP contribution < -0.4 is 5.32 Å². The van der Waals surface area contributed by atoms with Gasteiger partial charge in [-0.05, 0) is 29.2 Å². The summed E-state index contributed by atoms with van der Waals surface area (Å²) < 4.78 is 0. The second-order valence-electron chi connectivity index (χ2n) is 6.31. The average molecular weight is 311 g/mol. The number of rotatable bonds is 4. The van der Waals surface area contributed by atoms with E-state index in [0.29, 0.717) is 12.8 Å². The van der Waals surface area contributed by atoms with Crippen LogP contribution in [0.15, 0.2) is 42.5 Å². The number of carbonyl (C=O) groups is 2. The molecule has 0 aromatic heterocycles. The lowest BCUT2D eigenvalue weighted by atomic mass is 9.81. The minimum Gasteiger partial charge on any atom is -0.480 e. The van der Waals surface area contributed by atoms with E-state index >= 15 is 0 Å². The van der Waals surface area contributed by atoms with Gasteiger partial charge in [-0.1, -0.05) is 61.7 Å². The van der Waals surface area contributed by atoms with E-state index in [4.69, 9.17) is 0 Å². The van der Waals surface area contributed by atoms with E-state index in [-0.39, 0.29) is 12.3 Å². The lowest BCUT2D eigenvalue weighted by Crippen LogP contribution is -2.56. The van der Waals surface area contributed by atoms with E-state index in [1.54, 1.807) is 0 Å². The molecule has 23 heavy (non-hydrogen) atoms. The fourth-order valence-corrected chi connectivity index (χ4v) is 3.48. The van der Waals surface area contributed by atoms with Crippen molar-refractivity contribution in [2.75, 3.05) is 0 Å². The lowest BCUT2D eigenvalue weighted by Gasteiger charge is -2.34. The second-order valence-corrected chi connectivity index (χ2v) is 6.31. The Bertz CT molecular complexity index is 727. The van der Waals surface area contributed by atoms with Crippen LogP contribution in [0.5, 0.6) is 0 Å². The van der Waals surface area contributed by atoms with Crippen LogP contribution in [0.25, 0.3) is 10.8 Å². The Morgan fingerprint density at radius 1 is 1.00 bits per heavy atom. The number of amides is 1. The summed E-state index contributed by atoms with van der Waals surface area (Å²) in [6.45, 7) is 0. The molecule has 1 aliphatic carbocycles. The maximum absolute atomic E-state index is 12.5. The zero-order valence-electron chi connectivity index (χ0n) is 13.0. The molecule has 0 heterocycles. The highest BCUT2D eigenvalue weighted by Gasteiger charge is 2.40. The first kappa shape index (κ1) is 15.5. The first-order valence-corrected chi connectivity index (χ1v) is 8.12. The van der Waals surface area contributed by atoms with E-state index in [1.165, 1.54) is 0 Å². The quantitative estimate of drug-likeness (QED) is 0.910. The molecule has 0 bridgehead atoms. The van der Waals surface area contributed by atoms with Gasteiger partial charge in [0.2, 0.25) is 5.91 Å². The number of fused-ring (bicyclic) bond motifs is 1. The van der Waals surface area contributed by atoms with Crippen molar-refractivity contribution < 1.29 is 14.7 Å². The van der Waals surface area contributed by atoms with E-state index in [2.05, 4.69) is 5.32 Å². The van der Waals surface area contributed by atoms with Gasteiger partial charge in [-0.3, -0.25) is 4.79 Å². The molecule has 1 fully saturated rings. The van der Waals surface area contributed by atoms with Crippen molar-refractivity contribution in [3.8, 4) is 0 Å². The minimum atomic E-state index is -1.08. The van der Waals surface area contributed by atoms with Crippen molar-refractivity contribution in [2.24, 2.45) is 0 Å². The van der Waals surface area contributed by atoms with Crippen molar-refractivity contribution >= 4 is 22.6 Å². The molecule has 120 valence electrons. The van der Waals surface area contributed by atoms with Crippen LogP contribution in [0.1, 0.15) is 37.7 Å². The van der Waals surface area contributed by atoms with Crippen molar-refractivity contribution in [3.63, 3.8) is 0 Å². The maximum Gasteiger partial charge on any atom is 0.329 e. The average Bonchev–Trinajstić information content (AvgIpc) is 2.56. The predicted octanol–water partition coefficient (Wildman–Crippen LogP) is 3.29. The molecule has 4 nitrogen and oxygen atoms in total. The number of hydrogen-bond donors (Lipinski definition) is 2. The third-order valence-corrected chi connectivity index (χ3v) is 4.73. The number of carbonyl (C=O) groups excluding carboxylic acids is 1. The van der Waals surface area contributed by atoms with Crippen LogP contribution in [-0.2, 0) is 16.0 Å². The van der Waals surface area contributed by atoms with Gasteiger partial charge in [0.1, 0.15) is 5.54 Å². The van der Waals surface area contributed by atoms with Gasteiger partial charge in [0, 0.05) is 0 Å².